The van der Waals surface area contributed by atoms with E-state index < -0.39 is 0 Å². The molecule has 0 bridgehead atoms. The summed E-state index contributed by atoms with van der Waals surface area (Å²) in [5, 5.41) is 11.7. The molecule has 0 aliphatic heterocycles. The summed E-state index contributed by atoms with van der Waals surface area (Å²) in [7, 11) is 0. The summed E-state index contributed by atoms with van der Waals surface area (Å²) in [5.41, 5.74) is 4.72. The fourth-order valence-corrected chi connectivity index (χ4v) is 1.19. The van der Waals surface area contributed by atoms with E-state index in [0.717, 1.165) is 23.4 Å². The summed E-state index contributed by atoms with van der Waals surface area (Å²) >= 11 is 5.55. The molecule has 0 amide bonds. The Morgan fingerprint density at radius 3 is 2.67 bits per heavy atom. The third kappa shape index (κ3) is 4.05. The number of halogens is 1. The molecule has 0 fully saturated rings. The Bertz CT molecular complexity index is 374. The van der Waals surface area contributed by atoms with Gasteiger partial charge in [-0.2, -0.15) is 5.26 Å². The number of hydrogen-bond donors (Lipinski definition) is 1. The van der Waals surface area contributed by atoms with E-state index in [1.165, 1.54) is 0 Å². The molecule has 3 heteroatoms. The fourth-order valence-electron chi connectivity index (χ4n) is 1.11. The molecule has 0 aliphatic carbocycles. The summed E-state index contributed by atoms with van der Waals surface area (Å²) < 4.78 is 0. The number of nitrogens with zero attached hydrogens (tertiary/aromatic N) is 1. The smallest absolute Gasteiger partial charge is 0.0669 e. The van der Waals surface area contributed by atoms with Crippen molar-refractivity contribution in [2.75, 3.05) is 11.9 Å². The zero-order chi connectivity index (χ0) is 11.1. The monoisotopic (exact) mass is 220 g/mol. The minimum Gasteiger partial charge on any atom is -0.381 e. The quantitative estimate of drug-likeness (QED) is 0.845. The lowest BCUT2D eigenvalue weighted by Gasteiger charge is -2.06. The van der Waals surface area contributed by atoms with Gasteiger partial charge in [0.1, 0.15) is 0 Å². The van der Waals surface area contributed by atoms with Crippen LogP contribution in [0.3, 0.4) is 0 Å². The standard InChI is InChI=1S/C12H13ClN2/c1-10(8-13)9-15-12-4-2-11(3-5-12)6-7-14/h2-5,8,15H,6,9H2,1H3/b10-8-. The van der Waals surface area contributed by atoms with Crippen LogP contribution in [0, 0.1) is 11.3 Å². The highest BCUT2D eigenvalue weighted by atomic mass is 35.5. The highest BCUT2D eigenvalue weighted by Gasteiger charge is 1.94. The normalized spacial score (nSPS) is 10.9. The van der Waals surface area contributed by atoms with Gasteiger partial charge >= 0.3 is 0 Å². The SMILES string of the molecule is C/C(=C/Cl)CNc1ccc(CC#N)cc1. The molecule has 0 saturated carbocycles. The second-order valence-electron chi connectivity index (χ2n) is 3.34. The summed E-state index contributed by atoms with van der Waals surface area (Å²) in [4.78, 5) is 0. The maximum Gasteiger partial charge on any atom is 0.0669 e. The minimum absolute atomic E-state index is 0.459. The van der Waals surface area contributed by atoms with Gasteiger partial charge in [-0.05, 0) is 30.2 Å². The van der Waals surface area contributed by atoms with Gasteiger partial charge < -0.3 is 5.32 Å². The fraction of sp³-hybridized carbons (Fsp3) is 0.250. The highest BCUT2D eigenvalue weighted by molar-refractivity contribution is 6.25. The average molecular weight is 221 g/mol. The van der Waals surface area contributed by atoms with Crippen LogP contribution in [-0.2, 0) is 6.42 Å². The van der Waals surface area contributed by atoms with Gasteiger partial charge in [-0.25, -0.2) is 0 Å². The molecule has 1 rings (SSSR count). The van der Waals surface area contributed by atoms with Crippen molar-refractivity contribution in [3.63, 3.8) is 0 Å². The molecule has 0 aromatic heterocycles. The van der Waals surface area contributed by atoms with Gasteiger partial charge in [0, 0.05) is 17.8 Å². The van der Waals surface area contributed by atoms with Crippen LogP contribution in [0.15, 0.2) is 35.4 Å². The van der Waals surface area contributed by atoms with Crippen LogP contribution in [-0.4, -0.2) is 6.54 Å². The molecule has 78 valence electrons. The summed E-state index contributed by atoms with van der Waals surface area (Å²) in [5.74, 6) is 0. The number of nitrogens with one attached hydrogen (secondary N) is 1. The topological polar surface area (TPSA) is 35.8 Å². The predicted octanol–water partition coefficient (Wildman–Crippen LogP) is 3.31. The van der Waals surface area contributed by atoms with E-state index in [1.807, 2.05) is 31.2 Å². The first kappa shape index (κ1) is 11.6. The Morgan fingerprint density at radius 2 is 2.13 bits per heavy atom. The van der Waals surface area contributed by atoms with E-state index in [4.69, 9.17) is 16.9 Å². The maximum atomic E-state index is 8.51. The van der Waals surface area contributed by atoms with Crippen molar-refractivity contribution >= 4 is 17.3 Å². The van der Waals surface area contributed by atoms with E-state index in [9.17, 15) is 0 Å². The number of rotatable bonds is 4. The van der Waals surface area contributed by atoms with Crippen molar-refractivity contribution in [2.24, 2.45) is 0 Å². The van der Waals surface area contributed by atoms with Crippen molar-refractivity contribution in [2.45, 2.75) is 13.3 Å². The molecular formula is C12H13ClN2. The van der Waals surface area contributed by atoms with E-state index in [1.54, 1.807) is 5.54 Å². The third-order valence-electron chi connectivity index (χ3n) is 1.99. The summed E-state index contributed by atoms with van der Waals surface area (Å²) in [6, 6.07) is 9.95. The Morgan fingerprint density at radius 1 is 1.47 bits per heavy atom. The summed E-state index contributed by atoms with van der Waals surface area (Å²) in [6.07, 6.45) is 0.459. The second kappa shape index (κ2) is 6.10. The number of anilines is 1. The van der Waals surface area contributed by atoms with Crippen LogP contribution in [0.5, 0.6) is 0 Å². The van der Waals surface area contributed by atoms with E-state index >= 15 is 0 Å². The molecule has 0 unspecified atom stereocenters. The molecule has 0 spiro atoms. The van der Waals surface area contributed by atoms with Gasteiger partial charge in [-0.15, -0.1) is 0 Å². The third-order valence-corrected chi connectivity index (χ3v) is 2.37. The van der Waals surface area contributed by atoms with Crippen LogP contribution in [0.1, 0.15) is 12.5 Å². The molecule has 1 aromatic rings. The predicted molar refractivity (Wildman–Crippen MR) is 63.9 cm³/mol. The van der Waals surface area contributed by atoms with Crippen LogP contribution in [0.2, 0.25) is 0 Å². The Balaban J connectivity index is 2.54. The molecule has 0 radical (unpaired) electrons. The van der Waals surface area contributed by atoms with Crippen LogP contribution >= 0.6 is 11.6 Å². The first-order valence-electron chi connectivity index (χ1n) is 4.72. The minimum atomic E-state index is 0.459. The zero-order valence-corrected chi connectivity index (χ0v) is 9.38. The zero-order valence-electron chi connectivity index (χ0n) is 8.63. The van der Waals surface area contributed by atoms with Crippen molar-refractivity contribution < 1.29 is 0 Å². The highest BCUT2D eigenvalue weighted by Crippen LogP contribution is 2.10. The van der Waals surface area contributed by atoms with Gasteiger partial charge in [0.15, 0.2) is 0 Å². The average Bonchev–Trinajstić information content (AvgIpc) is 2.28. The molecule has 0 aliphatic rings. The van der Waals surface area contributed by atoms with Crippen LogP contribution in [0.4, 0.5) is 5.69 Å². The van der Waals surface area contributed by atoms with Gasteiger partial charge in [-0.3, -0.25) is 0 Å². The maximum absolute atomic E-state index is 8.51. The van der Waals surface area contributed by atoms with E-state index in [-0.39, 0.29) is 0 Å². The van der Waals surface area contributed by atoms with E-state index in [2.05, 4.69) is 11.4 Å². The Labute approximate surface area is 95.2 Å². The largest absolute Gasteiger partial charge is 0.381 e. The van der Waals surface area contributed by atoms with E-state index in [0.29, 0.717) is 6.42 Å². The lowest BCUT2D eigenvalue weighted by atomic mass is 10.1. The molecule has 1 aromatic carbocycles. The van der Waals surface area contributed by atoms with Gasteiger partial charge in [0.05, 0.1) is 12.5 Å². The first-order chi connectivity index (χ1) is 7.26. The van der Waals surface area contributed by atoms with Crippen molar-refractivity contribution in [1.82, 2.24) is 0 Å². The molecule has 0 atom stereocenters. The lowest BCUT2D eigenvalue weighted by molar-refractivity contribution is 1.20. The molecule has 0 saturated heterocycles. The van der Waals surface area contributed by atoms with Gasteiger partial charge in [-0.1, -0.05) is 23.7 Å². The first-order valence-corrected chi connectivity index (χ1v) is 5.15. The summed E-state index contributed by atoms with van der Waals surface area (Å²) in [6.45, 7) is 2.70. The molecule has 2 nitrogen and oxygen atoms in total. The van der Waals surface area contributed by atoms with Crippen molar-refractivity contribution in [1.29, 1.82) is 5.26 Å². The Kier molecular flexibility index (Phi) is 4.73. The van der Waals surface area contributed by atoms with Gasteiger partial charge in [0.25, 0.3) is 0 Å². The number of benzene rings is 1. The van der Waals surface area contributed by atoms with Crippen molar-refractivity contribution in [3.8, 4) is 6.07 Å². The lowest BCUT2D eigenvalue weighted by Crippen LogP contribution is -2.02. The second-order valence-corrected chi connectivity index (χ2v) is 3.56. The molecule has 15 heavy (non-hydrogen) atoms. The molecule has 1 N–H and O–H groups in total. The van der Waals surface area contributed by atoms with Crippen molar-refractivity contribution in [3.05, 3.63) is 40.9 Å². The number of nitriles is 1. The molecular weight excluding hydrogens is 208 g/mol. The Hall–Kier alpha value is -1.46. The van der Waals surface area contributed by atoms with Crippen LogP contribution < -0.4 is 5.32 Å². The van der Waals surface area contributed by atoms with Crippen LogP contribution in [0.25, 0.3) is 0 Å². The van der Waals surface area contributed by atoms with Gasteiger partial charge in [0.2, 0.25) is 0 Å². The molecule has 0 heterocycles. The number of hydrogen-bond acceptors (Lipinski definition) is 2.